The number of hydrogen-bond acceptors (Lipinski definition) is 4. The summed E-state index contributed by atoms with van der Waals surface area (Å²) < 4.78 is 49.6. The highest BCUT2D eigenvalue weighted by Crippen LogP contribution is 2.23. The summed E-state index contributed by atoms with van der Waals surface area (Å²) >= 11 is 0. The minimum Gasteiger partial charge on any atom is -0.482 e. The van der Waals surface area contributed by atoms with Crippen molar-refractivity contribution in [2.45, 2.75) is 45.2 Å². The Hall–Kier alpha value is -1.93. The number of alkyl halides is 3. The first-order chi connectivity index (χ1) is 10.2. The molecule has 2 heterocycles. The lowest BCUT2D eigenvalue weighted by Crippen LogP contribution is -2.36. The molecule has 0 radical (unpaired) electrons. The van der Waals surface area contributed by atoms with Crippen molar-refractivity contribution in [2.75, 3.05) is 13.1 Å². The highest BCUT2D eigenvalue weighted by Gasteiger charge is 2.39. The second-order valence-corrected chi connectivity index (χ2v) is 5.99. The zero-order valence-electron chi connectivity index (χ0n) is 12.5. The van der Waals surface area contributed by atoms with Gasteiger partial charge < -0.3 is 14.4 Å². The smallest absolute Gasteiger partial charge is 0.410 e. The molecule has 0 aliphatic carbocycles. The summed E-state index contributed by atoms with van der Waals surface area (Å²) in [5.74, 6) is 0.0268. The maximum Gasteiger partial charge on any atom is 0.410 e. The third-order valence-electron chi connectivity index (χ3n) is 2.92. The van der Waals surface area contributed by atoms with Gasteiger partial charge in [0.05, 0.1) is 25.5 Å². The number of carbonyl (C=O) groups excluding carboxylic acids is 1. The maximum absolute atomic E-state index is 13.9. The second-order valence-electron chi connectivity index (χ2n) is 5.99. The zero-order valence-corrected chi connectivity index (χ0v) is 12.5. The Morgan fingerprint density at radius 2 is 2.09 bits per heavy atom. The molecule has 1 aromatic heterocycles. The predicted molar refractivity (Wildman–Crippen MR) is 70.6 cm³/mol. The Labute approximate surface area is 125 Å². The molecule has 9 heteroatoms. The molecule has 0 aromatic carbocycles. The molecule has 2 atom stereocenters. The number of hydrogen-bond donors (Lipinski definition) is 0. The van der Waals surface area contributed by atoms with Gasteiger partial charge >= 0.3 is 12.6 Å². The van der Waals surface area contributed by atoms with E-state index in [0.29, 0.717) is 4.68 Å². The van der Waals surface area contributed by atoms with Crippen molar-refractivity contribution in [3.63, 3.8) is 0 Å². The minimum absolute atomic E-state index is 0.0179. The molecule has 0 bridgehead atoms. The Morgan fingerprint density at radius 3 is 2.64 bits per heavy atom. The van der Waals surface area contributed by atoms with E-state index in [1.165, 1.54) is 4.90 Å². The standard InChI is InChI=1S/C13H18F3N3O3/c1-13(2,3)22-12(20)18-6-9(14)10(7-18)21-8-4-17-19(5-8)11(15)16/h4-5,9-11H,6-7H2,1-3H3/t9-,10+/m0/s1. The third-order valence-corrected chi connectivity index (χ3v) is 2.92. The van der Waals surface area contributed by atoms with Crippen LogP contribution >= 0.6 is 0 Å². The average molecular weight is 321 g/mol. The first-order valence-corrected chi connectivity index (χ1v) is 6.76. The van der Waals surface area contributed by atoms with Crippen LogP contribution in [-0.4, -0.2) is 51.7 Å². The van der Waals surface area contributed by atoms with Crippen LogP contribution in [0.25, 0.3) is 0 Å². The molecule has 1 saturated heterocycles. The molecule has 6 nitrogen and oxygen atoms in total. The van der Waals surface area contributed by atoms with Gasteiger partial charge in [0.25, 0.3) is 0 Å². The summed E-state index contributed by atoms with van der Waals surface area (Å²) in [6.45, 7) is 2.15. The van der Waals surface area contributed by atoms with Crippen molar-refractivity contribution in [3.05, 3.63) is 12.4 Å². The van der Waals surface area contributed by atoms with E-state index in [2.05, 4.69) is 5.10 Å². The van der Waals surface area contributed by atoms with E-state index in [9.17, 15) is 18.0 Å². The summed E-state index contributed by atoms with van der Waals surface area (Å²) in [5.41, 5.74) is -0.680. The number of likely N-dealkylation sites (tertiary alicyclic amines) is 1. The van der Waals surface area contributed by atoms with Crippen LogP contribution in [0.4, 0.5) is 18.0 Å². The Bertz CT molecular complexity index is 530. The van der Waals surface area contributed by atoms with Crippen LogP contribution < -0.4 is 4.74 Å². The van der Waals surface area contributed by atoms with Crippen molar-refractivity contribution in [3.8, 4) is 5.75 Å². The predicted octanol–water partition coefficient (Wildman–Crippen LogP) is 2.61. The molecule has 1 aromatic rings. The van der Waals surface area contributed by atoms with Crippen LogP contribution in [-0.2, 0) is 4.74 Å². The van der Waals surface area contributed by atoms with Gasteiger partial charge in [-0.05, 0) is 20.8 Å². The van der Waals surface area contributed by atoms with Crippen LogP contribution in [0.1, 0.15) is 27.3 Å². The SMILES string of the molecule is CC(C)(C)OC(=O)N1C[C@H](F)[C@H](Oc2cnn(C(F)F)c2)C1. The Morgan fingerprint density at radius 1 is 1.41 bits per heavy atom. The first-order valence-electron chi connectivity index (χ1n) is 6.76. The van der Waals surface area contributed by atoms with Crippen molar-refractivity contribution in [2.24, 2.45) is 0 Å². The van der Waals surface area contributed by atoms with Crippen molar-refractivity contribution < 1.29 is 27.4 Å². The van der Waals surface area contributed by atoms with Crippen LogP contribution in [0.3, 0.4) is 0 Å². The van der Waals surface area contributed by atoms with E-state index >= 15 is 0 Å². The lowest BCUT2D eigenvalue weighted by atomic mass is 10.2. The van der Waals surface area contributed by atoms with Crippen molar-refractivity contribution >= 4 is 6.09 Å². The van der Waals surface area contributed by atoms with Gasteiger partial charge in [-0.15, -0.1) is 0 Å². The molecular weight excluding hydrogens is 303 g/mol. The van der Waals surface area contributed by atoms with E-state index in [1.54, 1.807) is 20.8 Å². The molecule has 1 fully saturated rings. The van der Waals surface area contributed by atoms with Crippen molar-refractivity contribution in [1.29, 1.82) is 0 Å². The molecule has 0 spiro atoms. The Kier molecular flexibility index (Phi) is 4.52. The van der Waals surface area contributed by atoms with Gasteiger partial charge in [-0.2, -0.15) is 13.9 Å². The van der Waals surface area contributed by atoms with Gasteiger partial charge in [0.1, 0.15) is 11.7 Å². The molecule has 1 aliphatic heterocycles. The normalized spacial score (nSPS) is 22.2. The molecule has 124 valence electrons. The number of halogens is 3. The summed E-state index contributed by atoms with van der Waals surface area (Å²) in [6.07, 6.45) is -0.947. The van der Waals surface area contributed by atoms with Crippen LogP contribution in [0.15, 0.2) is 12.4 Å². The fourth-order valence-electron chi connectivity index (χ4n) is 1.98. The summed E-state index contributed by atoms with van der Waals surface area (Å²) in [5, 5.41) is 3.40. The topological polar surface area (TPSA) is 56.6 Å². The number of carbonyl (C=O) groups is 1. The number of aromatic nitrogens is 2. The average Bonchev–Trinajstić information content (AvgIpc) is 2.96. The molecule has 2 rings (SSSR count). The van der Waals surface area contributed by atoms with E-state index < -0.39 is 30.5 Å². The van der Waals surface area contributed by atoms with E-state index in [0.717, 1.165) is 12.4 Å². The molecular formula is C13H18F3N3O3. The largest absolute Gasteiger partial charge is 0.482 e. The number of nitrogens with zero attached hydrogens (tertiary/aromatic N) is 3. The number of rotatable bonds is 3. The lowest BCUT2D eigenvalue weighted by molar-refractivity contribution is 0.0273. The van der Waals surface area contributed by atoms with Gasteiger partial charge in [-0.1, -0.05) is 0 Å². The van der Waals surface area contributed by atoms with Crippen LogP contribution in [0.2, 0.25) is 0 Å². The number of ether oxygens (including phenoxy) is 2. The second kappa shape index (κ2) is 6.05. The van der Waals surface area contributed by atoms with Gasteiger partial charge in [-0.3, -0.25) is 0 Å². The van der Waals surface area contributed by atoms with Gasteiger partial charge in [0.15, 0.2) is 11.9 Å². The van der Waals surface area contributed by atoms with Crippen LogP contribution in [0.5, 0.6) is 5.75 Å². The molecule has 0 N–H and O–H groups in total. The maximum atomic E-state index is 13.9. The summed E-state index contributed by atoms with van der Waals surface area (Å²) in [6, 6.07) is 0. The summed E-state index contributed by atoms with van der Waals surface area (Å²) in [7, 11) is 0. The highest BCUT2D eigenvalue weighted by atomic mass is 19.3. The van der Waals surface area contributed by atoms with E-state index in [-0.39, 0.29) is 18.8 Å². The van der Waals surface area contributed by atoms with Gasteiger partial charge in [0, 0.05) is 0 Å². The quantitative estimate of drug-likeness (QED) is 0.859. The van der Waals surface area contributed by atoms with Crippen molar-refractivity contribution in [1.82, 2.24) is 14.7 Å². The van der Waals surface area contributed by atoms with E-state index in [1.807, 2.05) is 0 Å². The number of amides is 1. The molecule has 1 aliphatic rings. The first kappa shape index (κ1) is 16.4. The summed E-state index contributed by atoms with van der Waals surface area (Å²) in [4.78, 5) is 13.1. The van der Waals surface area contributed by atoms with Crippen LogP contribution in [0, 0.1) is 0 Å². The third kappa shape index (κ3) is 4.05. The fourth-order valence-corrected chi connectivity index (χ4v) is 1.98. The zero-order chi connectivity index (χ0) is 16.5. The van der Waals surface area contributed by atoms with Gasteiger partial charge in [0.2, 0.25) is 0 Å². The minimum atomic E-state index is -2.79. The monoisotopic (exact) mass is 321 g/mol. The molecule has 0 saturated carbocycles. The molecule has 0 unspecified atom stereocenters. The van der Waals surface area contributed by atoms with E-state index in [4.69, 9.17) is 9.47 Å². The van der Waals surface area contributed by atoms with Gasteiger partial charge in [-0.25, -0.2) is 13.9 Å². The lowest BCUT2D eigenvalue weighted by Gasteiger charge is -2.24. The highest BCUT2D eigenvalue weighted by molar-refractivity contribution is 5.68. The fraction of sp³-hybridized carbons (Fsp3) is 0.692. The Balaban J connectivity index is 1.94. The molecule has 1 amide bonds. The molecule has 22 heavy (non-hydrogen) atoms.